The van der Waals surface area contributed by atoms with Gasteiger partial charge in [-0.15, -0.1) is 0 Å². The van der Waals surface area contributed by atoms with Gasteiger partial charge in [-0.3, -0.25) is 19.3 Å². The molecule has 0 saturated carbocycles. The predicted molar refractivity (Wildman–Crippen MR) is 86.7 cm³/mol. The van der Waals surface area contributed by atoms with Crippen molar-refractivity contribution in [2.45, 2.75) is 44.8 Å². The van der Waals surface area contributed by atoms with Crippen LogP contribution in [0.5, 0.6) is 0 Å². The minimum atomic E-state index is -1.28. The van der Waals surface area contributed by atoms with E-state index in [1.165, 1.54) is 23.1 Å². The molecule has 0 aromatic heterocycles. The van der Waals surface area contributed by atoms with Crippen molar-refractivity contribution in [2.75, 3.05) is 5.32 Å². The smallest absolute Gasteiger partial charge is 0.291 e. The van der Waals surface area contributed by atoms with E-state index in [1.807, 2.05) is 6.92 Å². The zero-order valence-corrected chi connectivity index (χ0v) is 14.6. The van der Waals surface area contributed by atoms with E-state index in [9.17, 15) is 18.8 Å². The number of carbonyl (C=O) groups is 3. The summed E-state index contributed by atoms with van der Waals surface area (Å²) in [7, 11) is 0. The number of benzene rings is 1. The van der Waals surface area contributed by atoms with Gasteiger partial charge >= 0.3 is 0 Å². The molecule has 0 aliphatic carbocycles. The van der Waals surface area contributed by atoms with Crippen LogP contribution < -0.4 is 10.6 Å². The van der Waals surface area contributed by atoms with E-state index < -0.39 is 28.7 Å². The van der Waals surface area contributed by atoms with Gasteiger partial charge in [-0.2, -0.15) is 0 Å². The largest absolute Gasteiger partial charge is 0.326 e. The van der Waals surface area contributed by atoms with Crippen molar-refractivity contribution in [1.82, 2.24) is 4.90 Å². The van der Waals surface area contributed by atoms with Crippen LogP contribution in [0.25, 0.3) is 0 Å². The van der Waals surface area contributed by atoms with Crippen molar-refractivity contribution in [3.63, 3.8) is 0 Å². The normalized spacial score (nSPS) is 33.9. The summed E-state index contributed by atoms with van der Waals surface area (Å²) in [5, 5.41) is 4.52. The van der Waals surface area contributed by atoms with Gasteiger partial charge in [-0.1, -0.05) is 0 Å². The van der Waals surface area contributed by atoms with Crippen LogP contribution in [-0.2, 0) is 19.9 Å². The van der Waals surface area contributed by atoms with Crippen LogP contribution in [0, 0.1) is 17.7 Å². The third-order valence-electron chi connectivity index (χ3n) is 5.66. The second kappa shape index (κ2) is 4.66. The highest BCUT2D eigenvalue weighted by molar-refractivity contribution is 6.14. The minimum Gasteiger partial charge on any atom is -0.326 e. The number of imide groups is 1. The van der Waals surface area contributed by atoms with E-state index in [-0.39, 0.29) is 23.8 Å². The molecule has 3 heterocycles. The summed E-state index contributed by atoms with van der Waals surface area (Å²) in [6.45, 7) is 7.24. The Bertz CT molecular complexity index is 831. The maximum absolute atomic E-state index is 13.9. The number of anilines is 1. The number of fused-ring (bicyclic) bond motifs is 4. The van der Waals surface area contributed by atoms with Crippen molar-refractivity contribution >= 4 is 23.4 Å². The number of nitrogens with one attached hydrogen (secondary N) is 1. The Balaban J connectivity index is 1.92. The number of hydrogen-bond acceptors (Lipinski definition) is 3. The van der Waals surface area contributed by atoms with E-state index >= 15 is 0 Å². The lowest BCUT2D eigenvalue weighted by molar-refractivity contribution is -0.730. The predicted octanol–water partition coefficient (Wildman–Crippen LogP) is 0.338. The summed E-state index contributed by atoms with van der Waals surface area (Å²) in [4.78, 5) is 40.4. The van der Waals surface area contributed by atoms with Crippen molar-refractivity contribution in [1.29, 1.82) is 0 Å². The molecule has 1 aromatic carbocycles. The van der Waals surface area contributed by atoms with Crippen LogP contribution in [0.3, 0.4) is 0 Å². The summed E-state index contributed by atoms with van der Waals surface area (Å²) in [6, 6.07) is 3.83. The molecule has 2 saturated heterocycles. The number of quaternary nitrogens is 1. The van der Waals surface area contributed by atoms with E-state index in [0.29, 0.717) is 11.3 Å². The van der Waals surface area contributed by atoms with E-state index in [2.05, 4.69) is 5.32 Å². The van der Waals surface area contributed by atoms with E-state index in [0.717, 1.165) is 0 Å². The van der Waals surface area contributed by atoms with Crippen LogP contribution in [0.2, 0.25) is 0 Å². The number of likely N-dealkylation sites (tertiary alicyclic amines) is 1. The molecule has 1 aromatic rings. The second-order valence-corrected chi connectivity index (χ2v) is 8.22. The number of hydrogen-bond donors (Lipinski definition) is 2. The maximum Gasteiger partial charge on any atom is 0.291 e. The average Bonchev–Trinajstić information content (AvgIpc) is 3.04. The van der Waals surface area contributed by atoms with Crippen molar-refractivity contribution in [3.05, 3.63) is 29.6 Å². The first-order valence-electron chi connectivity index (χ1n) is 8.44. The molecule has 4 atom stereocenters. The topological polar surface area (TPSA) is 83.1 Å². The molecule has 2 fully saturated rings. The zero-order chi connectivity index (χ0) is 18.3. The Morgan fingerprint density at radius 3 is 2.52 bits per heavy atom. The summed E-state index contributed by atoms with van der Waals surface area (Å²) < 4.78 is 13.9. The summed E-state index contributed by atoms with van der Waals surface area (Å²) >= 11 is 0. The first-order valence-corrected chi connectivity index (χ1v) is 8.44. The molecule has 25 heavy (non-hydrogen) atoms. The fraction of sp³-hybridized carbons (Fsp3) is 0.500. The lowest BCUT2D eigenvalue weighted by Gasteiger charge is -2.33. The van der Waals surface area contributed by atoms with E-state index in [1.54, 1.807) is 26.1 Å². The van der Waals surface area contributed by atoms with Crippen LogP contribution in [-0.4, -0.2) is 34.2 Å². The van der Waals surface area contributed by atoms with Crippen LogP contribution >= 0.6 is 0 Å². The number of carbonyl (C=O) groups excluding carboxylic acids is 3. The highest BCUT2D eigenvalue weighted by atomic mass is 19.1. The number of nitrogens with zero attached hydrogens (tertiary/aromatic N) is 1. The lowest BCUT2D eigenvalue weighted by Crippen LogP contribution is -2.98. The number of rotatable bonds is 0. The number of nitrogens with two attached hydrogens (primary N) is 1. The van der Waals surface area contributed by atoms with Gasteiger partial charge in [0.2, 0.25) is 17.4 Å². The summed E-state index contributed by atoms with van der Waals surface area (Å²) in [5.74, 6) is -2.84. The Labute approximate surface area is 144 Å². The minimum absolute atomic E-state index is 0.249. The first kappa shape index (κ1) is 16.2. The van der Waals surface area contributed by atoms with Gasteiger partial charge in [0.05, 0.1) is 11.7 Å². The molecule has 4 rings (SSSR count). The molecule has 6 nitrogen and oxygen atoms in total. The molecule has 3 aliphatic heterocycles. The fourth-order valence-corrected chi connectivity index (χ4v) is 4.77. The number of amides is 3. The van der Waals surface area contributed by atoms with Gasteiger partial charge in [0, 0.05) is 11.1 Å². The van der Waals surface area contributed by atoms with Gasteiger partial charge in [-0.25, -0.2) is 4.39 Å². The molecule has 3 N–H and O–H groups in total. The standard InChI is InChI=1S/C18H20FN3O3/c1-8-12-13(15(24)22(14(12)23)17(2,3)4)18(21-8)10-7-9(19)5-6-11(10)20-16(18)25/h5-8,12-13,21H,1-4H3,(H,20,25)/p+1/t8-,12+,13-,18-/m0/s1. The highest BCUT2D eigenvalue weighted by Crippen LogP contribution is 2.50. The van der Waals surface area contributed by atoms with E-state index in [4.69, 9.17) is 0 Å². The molecule has 7 heteroatoms. The maximum atomic E-state index is 13.9. The fourth-order valence-electron chi connectivity index (χ4n) is 4.77. The van der Waals surface area contributed by atoms with Gasteiger partial charge in [0.25, 0.3) is 5.91 Å². The second-order valence-electron chi connectivity index (χ2n) is 8.22. The summed E-state index contributed by atoms with van der Waals surface area (Å²) in [6.07, 6.45) is 0. The van der Waals surface area contributed by atoms with Gasteiger partial charge in [0.1, 0.15) is 17.7 Å². The molecule has 0 bridgehead atoms. The quantitative estimate of drug-likeness (QED) is 0.665. The van der Waals surface area contributed by atoms with Gasteiger partial charge < -0.3 is 10.6 Å². The molecule has 1 spiro atoms. The Morgan fingerprint density at radius 2 is 1.88 bits per heavy atom. The van der Waals surface area contributed by atoms with Crippen LogP contribution in [0.4, 0.5) is 10.1 Å². The molecular weight excluding hydrogens is 325 g/mol. The molecule has 3 amide bonds. The molecular formula is C18H21FN3O3+. The third kappa shape index (κ3) is 1.84. The Morgan fingerprint density at radius 1 is 1.20 bits per heavy atom. The molecule has 132 valence electrons. The lowest BCUT2D eigenvalue weighted by atomic mass is 9.76. The monoisotopic (exact) mass is 346 g/mol. The van der Waals surface area contributed by atoms with Gasteiger partial charge in [-0.05, 0) is 45.9 Å². The zero-order valence-electron chi connectivity index (χ0n) is 14.6. The molecule has 3 aliphatic rings. The highest BCUT2D eigenvalue weighted by Gasteiger charge is 2.74. The summed E-state index contributed by atoms with van der Waals surface area (Å²) in [5.41, 5.74) is -0.994. The van der Waals surface area contributed by atoms with Crippen LogP contribution in [0.15, 0.2) is 18.2 Å². The molecule has 0 unspecified atom stereocenters. The average molecular weight is 346 g/mol. The first-order chi connectivity index (χ1) is 11.6. The SMILES string of the molecule is C[C@@H]1[NH2+][C@]2(C(=O)Nc3ccc(F)cc32)[C@@H]2C(=O)N(C(C)(C)C)C(=O)[C@H]12. The van der Waals surface area contributed by atoms with Gasteiger partial charge in [0.15, 0.2) is 0 Å². The Kier molecular flexibility index (Phi) is 3.02. The van der Waals surface area contributed by atoms with Crippen molar-refractivity contribution < 1.29 is 24.1 Å². The van der Waals surface area contributed by atoms with Crippen molar-refractivity contribution in [3.8, 4) is 0 Å². The number of halogens is 1. The van der Waals surface area contributed by atoms with Crippen LogP contribution in [0.1, 0.15) is 33.3 Å². The Hall–Kier alpha value is -2.28. The molecule has 0 radical (unpaired) electrons. The van der Waals surface area contributed by atoms with Crippen molar-refractivity contribution in [2.24, 2.45) is 11.8 Å². The third-order valence-corrected chi connectivity index (χ3v) is 5.66.